The summed E-state index contributed by atoms with van der Waals surface area (Å²) in [7, 11) is 0. The maximum absolute atomic E-state index is 11.4. The normalized spacial score (nSPS) is 12.1. The zero-order valence-corrected chi connectivity index (χ0v) is 9.71. The van der Waals surface area contributed by atoms with Crippen LogP contribution in [0.4, 0.5) is 5.69 Å². The van der Waals surface area contributed by atoms with Crippen molar-refractivity contribution in [3.63, 3.8) is 0 Å². The van der Waals surface area contributed by atoms with E-state index in [1.807, 2.05) is 31.2 Å². The summed E-state index contributed by atoms with van der Waals surface area (Å²) in [5.41, 5.74) is 6.34. The molecule has 0 aromatic heterocycles. The summed E-state index contributed by atoms with van der Waals surface area (Å²) in [5, 5.41) is -0.202. The lowest BCUT2D eigenvalue weighted by Crippen LogP contribution is -2.16. The molecule has 1 aromatic rings. The number of anilines is 1. The summed E-state index contributed by atoms with van der Waals surface area (Å²) in [6.45, 7) is 4.04. The minimum atomic E-state index is -0.202. The number of nitrogens with two attached hydrogens (primary N) is 1. The highest BCUT2D eigenvalue weighted by Gasteiger charge is 2.14. The number of ether oxygens (including phenoxy) is 1. The van der Waals surface area contributed by atoms with Crippen LogP contribution in [0.5, 0.6) is 0 Å². The number of rotatable bonds is 4. The first kappa shape index (κ1) is 11.9. The van der Waals surface area contributed by atoms with Gasteiger partial charge in [0.25, 0.3) is 0 Å². The van der Waals surface area contributed by atoms with Crippen LogP contribution < -0.4 is 5.73 Å². The maximum Gasteiger partial charge on any atom is 0.319 e. The summed E-state index contributed by atoms with van der Waals surface area (Å²) in [6.07, 6.45) is 0. The minimum absolute atomic E-state index is 0.190. The number of hydrogen-bond acceptors (Lipinski definition) is 4. The average Bonchev–Trinajstić information content (AvgIpc) is 2.18. The van der Waals surface area contributed by atoms with E-state index in [1.54, 1.807) is 6.92 Å². The molecule has 0 radical (unpaired) electrons. The third-order valence-electron chi connectivity index (χ3n) is 1.79. The first-order valence-electron chi connectivity index (χ1n) is 4.82. The molecule has 15 heavy (non-hydrogen) atoms. The third kappa shape index (κ3) is 3.83. The summed E-state index contributed by atoms with van der Waals surface area (Å²) in [6, 6.07) is 7.46. The molecule has 1 unspecified atom stereocenters. The summed E-state index contributed by atoms with van der Waals surface area (Å²) < 4.78 is 4.92. The van der Waals surface area contributed by atoms with Crippen molar-refractivity contribution in [1.29, 1.82) is 0 Å². The van der Waals surface area contributed by atoms with Gasteiger partial charge in [-0.25, -0.2) is 0 Å². The predicted octanol–water partition coefficient (Wildman–Crippen LogP) is 2.31. The Bertz CT molecular complexity index is 341. The molecule has 0 spiro atoms. The molecule has 1 atom stereocenters. The van der Waals surface area contributed by atoms with Crippen molar-refractivity contribution >= 4 is 23.4 Å². The number of thioether (sulfide) groups is 1. The fourth-order valence-corrected chi connectivity index (χ4v) is 2.03. The summed E-state index contributed by atoms with van der Waals surface area (Å²) in [4.78, 5) is 12.3. The second kappa shape index (κ2) is 5.66. The van der Waals surface area contributed by atoms with Gasteiger partial charge in [-0.3, -0.25) is 4.79 Å². The first-order chi connectivity index (χ1) is 7.13. The van der Waals surface area contributed by atoms with Crippen LogP contribution in [-0.2, 0) is 9.53 Å². The zero-order valence-electron chi connectivity index (χ0n) is 8.90. The van der Waals surface area contributed by atoms with Crippen molar-refractivity contribution in [2.24, 2.45) is 0 Å². The van der Waals surface area contributed by atoms with Crippen LogP contribution >= 0.6 is 11.8 Å². The molecule has 0 aliphatic rings. The summed E-state index contributed by atoms with van der Waals surface area (Å²) >= 11 is 1.45. The monoisotopic (exact) mass is 225 g/mol. The molecule has 0 amide bonds. The lowest BCUT2D eigenvalue weighted by atomic mass is 10.3. The lowest BCUT2D eigenvalue weighted by molar-refractivity contribution is -0.142. The minimum Gasteiger partial charge on any atom is -0.465 e. The topological polar surface area (TPSA) is 52.3 Å². The highest BCUT2D eigenvalue weighted by atomic mass is 32.2. The molecular formula is C11H15NO2S. The van der Waals surface area contributed by atoms with Gasteiger partial charge in [0.1, 0.15) is 5.25 Å². The molecule has 4 heteroatoms. The van der Waals surface area contributed by atoms with E-state index in [0.29, 0.717) is 12.3 Å². The predicted molar refractivity (Wildman–Crippen MR) is 62.8 cm³/mol. The van der Waals surface area contributed by atoms with E-state index in [2.05, 4.69) is 0 Å². The van der Waals surface area contributed by atoms with Crippen molar-refractivity contribution in [1.82, 2.24) is 0 Å². The SMILES string of the molecule is CCOC(=O)C(C)Sc1cccc(N)c1. The lowest BCUT2D eigenvalue weighted by Gasteiger charge is -2.10. The van der Waals surface area contributed by atoms with Crippen LogP contribution in [0.1, 0.15) is 13.8 Å². The van der Waals surface area contributed by atoms with E-state index < -0.39 is 0 Å². The number of carbonyl (C=O) groups excluding carboxylic acids is 1. The van der Waals surface area contributed by atoms with E-state index in [0.717, 1.165) is 4.90 Å². The largest absolute Gasteiger partial charge is 0.465 e. The Morgan fingerprint density at radius 3 is 2.93 bits per heavy atom. The van der Waals surface area contributed by atoms with Gasteiger partial charge in [0.15, 0.2) is 0 Å². The van der Waals surface area contributed by atoms with Crippen molar-refractivity contribution in [3.05, 3.63) is 24.3 Å². The van der Waals surface area contributed by atoms with Crippen LogP contribution in [0.25, 0.3) is 0 Å². The molecule has 2 N–H and O–H groups in total. The van der Waals surface area contributed by atoms with Crippen LogP contribution in [0.2, 0.25) is 0 Å². The van der Waals surface area contributed by atoms with E-state index in [4.69, 9.17) is 10.5 Å². The fraction of sp³-hybridized carbons (Fsp3) is 0.364. The Hall–Kier alpha value is -1.16. The molecule has 0 saturated carbocycles. The van der Waals surface area contributed by atoms with Gasteiger partial charge in [-0.05, 0) is 32.0 Å². The van der Waals surface area contributed by atoms with Crippen molar-refractivity contribution in [3.8, 4) is 0 Å². The van der Waals surface area contributed by atoms with Crippen molar-refractivity contribution in [2.75, 3.05) is 12.3 Å². The number of carbonyl (C=O) groups is 1. The zero-order chi connectivity index (χ0) is 11.3. The molecule has 0 aliphatic heterocycles. The molecular weight excluding hydrogens is 210 g/mol. The van der Waals surface area contributed by atoms with E-state index in [9.17, 15) is 4.79 Å². The number of hydrogen-bond donors (Lipinski definition) is 1. The van der Waals surface area contributed by atoms with Gasteiger partial charge in [-0.15, -0.1) is 11.8 Å². The Morgan fingerprint density at radius 1 is 1.60 bits per heavy atom. The number of esters is 1. The Kier molecular flexibility index (Phi) is 4.49. The quantitative estimate of drug-likeness (QED) is 0.485. The second-order valence-electron chi connectivity index (χ2n) is 3.08. The van der Waals surface area contributed by atoms with Gasteiger partial charge in [0, 0.05) is 10.6 Å². The van der Waals surface area contributed by atoms with Crippen molar-refractivity contribution < 1.29 is 9.53 Å². The van der Waals surface area contributed by atoms with Gasteiger partial charge >= 0.3 is 5.97 Å². The smallest absolute Gasteiger partial charge is 0.319 e. The van der Waals surface area contributed by atoms with Gasteiger partial charge < -0.3 is 10.5 Å². The molecule has 1 aromatic carbocycles. The summed E-state index contributed by atoms with van der Waals surface area (Å²) in [5.74, 6) is -0.190. The average molecular weight is 225 g/mol. The molecule has 3 nitrogen and oxygen atoms in total. The van der Waals surface area contributed by atoms with Crippen LogP contribution in [0, 0.1) is 0 Å². The Balaban J connectivity index is 2.58. The molecule has 82 valence electrons. The molecule has 1 rings (SSSR count). The van der Waals surface area contributed by atoms with Crippen LogP contribution in [0.15, 0.2) is 29.2 Å². The fourth-order valence-electron chi connectivity index (χ4n) is 1.10. The second-order valence-corrected chi connectivity index (χ2v) is 4.50. The third-order valence-corrected chi connectivity index (χ3v) is 2.86. The highest BCUT2D eigenvalue weighted by molar-refractivity contribution is 8.00. The molecule has 0 saturated heterocycles. The molecule has 0 heterocycles. The number of nitrogen functional groups attached to an aromatic ring is 1. The van der Waals surface area contributed by atoms with Crippen molar-refractivity contribution in [2.45, 2.75) is 24.0 Å². The van der Waals surface area contributed by atoms with Gasteiger partial charge in [-0.1, -0.05) is 6.07 Å². The van der Waals surface area contributed by atoms with E-state index in [1.165, 1.54) is 11.8 Å². The molecule has 0 bridgehead atoms. The van der Waals surface area contributed by atoms with Gasteiger partial charge in [0.2, 0.25) is 0 Å². The first-order valence-corrected chi connectivity index (χ1v) is 5.70. The standard InChI is InChI=1S/C11H15NO2S/c1-3-14-11(13)8(2)15-10-6-4-5-9(12)7-10/h4-8H,3,12H2,1-2H3. The Morgan fingerprint density at radius 2 is 2.33 bits per heavy atom. The van der Waals surface area contributed by atoms with Crippen LogP contribution in [-0.4, -0.2) is 17.8 Å². The van der Waals surface area contributed by atoms with E-state index in [-0.39, 0.29) is 11.2 Å². The van der Waals surface area contributed by atoms with Crippen LogP contribution in [0.3, 0.4) is 0 Å². The van der Waals surface area contributed by atoms with Gasteiger partial charge in [-0.2, -0.15) is 0 Å². The van der Waals surface area contributed by atoms with Gasteiger partial charge in [0.05, 0.1) is 6.61 Å². The maximum atomic E-state index is 11.4. The number of benzene rings is 1. The van der Waals surface area contributed by atoms with E-state index >= 15 is 0 Å². The highest BCUT2D eigenvalue weighted by Crippen LogP contribution is 2.25. The Labute approximate surface area is 94.0 Å². The molecule has 0 fully saturated rings. The molecule has 0 aliphatic carbocycles.